The van der Waals surface area contributed by atoms with E-state index >= 15 is 0 Å². The summed E-state index contributed by atoms with van der Waals surface area (Å²) in [5, 5.41) is 0. The summed E-state index contributed by atoms with van der Waals surface area (Å²) in [4.78, 5) is 13.9. The van der Waals surface area contributed by atoms with Gasteiger partial charge in [-0.25, -0.2) is 13.1 Å². The number of benzene rings is 2. The number of anilines is 1. The highest BCUT2D eigenvalue weighted by Crippen LogP contribution is 2.30. The molecule has 150 valence electrons. The van der Waals surface area contributed by atoms with Crippen molar-refractivity contribution < 1.29 is 17.9 Å². The summed E-state index contributed by atoms with van der Waals surface area (Å²) in [6.07, 6.45) is 1.10. The molecule has 0 saturated carbocycles. The highest BCUT2D eigenvalue weighted by atomic mass is 32.2. The fourth-order valence-electron chi connectivity index (χ4n) is 3.44. The first-order valence-corrected chi connectivity index (χ1v) is 10.9. The summed E-state index contributed by atoms with van der Waals surface area (Å²) < 4.78 is 33.4. The number of rotatable bonds is 7. The highest BCUT2D eigenvalue weighted by Gasteiger charge is 2.25. The van der Waals surface area contributed by atoms with Crippen LogP contribution in [0, 0.1) is 13.8 Å². The Morgan fingerprint density at radius 1 is 1.14 bits per heavy atom. The number of nitrogens with one attached hydrogen (secondary N) is 1. The van der Waals surface area contributed by atoms with Crippen LogP contribution in [0.4, 0.5) is 5.69 Å². The van der Waals surface area contributed by atoms with Crippen LogP contribution < -0.4 is 14.4 Å². The maximum absolute atomic E-state index is 12.6. The van der Waals surface area contributed by atoms with Crippen LogP contribution in [-0.4, -0.2) is 34.0 Å². The van der Waals surface area contributed by atoms with E-state index in [1.54, 1.807) is 23.1 Å². The molecule has 6 nitrogen and oxygen atoms in total. The SMILES string of the molecule is CCC(=O)N1CCc2cc(S(=O)(=O)NCCOc3cc(C)cc(C)c3)ccc21. The summed E-state index contributed by atoms with van der Waals surface area (Å²) in [5.74, 6) is 0.783. The van der Waals surface area contributed by atoms with Crippen molar-refractivity contribution >= 4 is 21.6 Å². The lowest BCUT2D eigenvalue weighted by Crippen LogP contribution is -2.29. The zero-order valence-electron chi connectivity index (χ0n) is 16.5. The Morgan fingerprint density at radius 2 is 1.86 bits per heavy atom. The van der Waals surface area contributed by atoms with Crippen molar-refractivity contribution in [3.05, 3.63) is 53.1 Å². The van der Waals surface area contributed by atoms with Gasteiger partial charge in [0, 0.05) is 25.2 Å². The molecule has 0 aliphatic carbocycles. The zero-order chi connectivity index (χ0) is 20.3. The third-order valence-electron chi connectivity index (χ3n) is 4.72. The Labute approximate surface area is 166 Å². The predicted octanol–water partition coefficient (Wildman–Crippen LogP) is 2.96. The molecular formula is C21H26N2O4S. The number of aryl methyl sites for hydroxylation is 2. The number of amides is 1. The Morgan fingerprint density at radius 3 is 2.54 bits per heavy atom. The number of carbonyl (C=O) groups excluding carboxylic acids is 1. The lowest BCUT2D eigenvalue weighted by Gasteiger charge is -2.16. The van der Waals surface area contributed by atoms with Gasteiger partial charge in [-0.3, -0.25) is 4.79 Å². The summed E-state index contributed by atoms with van der Waals surface area (Å²) in [6.45, 7) is 6.82. The Balaban J connectivity index is 1.61. The second-order valence-electron chi connectivity index (χ2n) is 7.01. The number of nitrogens with zero attached hydrogens (tertiary/aromatic N) is 1. The van der Waals surface area contributed by atoms with Gasteiger partial charge < -0.3 is 9.64 Å². The third-order valence-corrected chi connectivity index (χ3v) is 6.18. The van der Waals surface area contributed by atoms with Crippen LogP contribution in [0.15, 0.2) is 41.3 Å². The largest absolute Gasteiger partial charge is 0.492 e. The van der Waals surface area contributed by atoms with Crippen LogP contribution in [-0.2, 0) is 21.2 Å². The minimum atomic E-state index is -3.63. The second-order valence-corrected chi connectivity index (χ2v) is 8.78. The van der Waals surface area contributed by atoms with E-state index in [9.17, 15) is 13.2 Å². The second kappa shape index (κ2) is 8.32. The standard InChI is InChI=1S/C21H26N2O4S/c1-4-21(24)23-9-7-17-14-19(5-6-20(17)23)28(25,26)22-8-10-27-18-12-15(2)11-16(3)13-18/h5-6,11-14,22H,4,7-10H2,1-3H3. The van der Waals surface area contributed by atoms with E-state index in [1.165, 1.54) is 0 Å². The van der Waals surface area contributed by atoms with Gasteiger partial charge in [0.1, 0.15) is 12.4 Å². The number of sulfonamides is 1. The molecular weight excluding hydrogens is 376 g/mol. The quantitative estimate of drug-likeness (QED) is 0.723. The van der Waals surface area contributed by atoms with Crippen molar-refractivity contribution in [1.29, 1.82) is 0 Å². The molecule has 0 saturated heterocycles. The van der Waals surface area contributed by atoms with Gasteiger partial charge in [0.15, 0.2) is 0 Å². The molecule has 1 aliphatic rings. The van der Waals surface area contributed by atoms with Crippen molar-refractivity contribution in [3.63, 3.8) is 0 Å². The van der Waals surface area contributed by atoms with Crippen LogP contribution >= 0.6 is 0 Å². The van der Waals surface area contributed by atoms with Crippen molar-refractivity contribution in [2.45, 2.75) is 38.5 Å². The molecule has 2 aromatic rings. The van der Waals surface area contributed by atoms with Gasteiger partial charge in [-0.05, 0) is 67.3 Å². The lowest BCUT2D eigenvalue weighted by molar-refractivity contribution is -0.118. The van der Waals surface area contributed by atoms with Gasteiger partial charge in [-0.1, -0.05) is 13.0 Å². The number of fused-ring (bicyclic) bond motifs is 1. The van der Waals surface area contributed by atoms with Crippen LogP contribution in [0.25, 0.3) is 0 Å². The first-order chi connectivity index (χ1) is 13.3. The van der Waals surface area contributed by atoms with Gasteiger partial charge in [0.25, 0.3) is 0 Å². The van der Waals surface area contributed by atoms with Crippen molar-refractivity contribution in [2.75, 3.05) is 24.6 Å². The molecule has 0 atom stereocenters. The van der Waals surface area contributed by atoms with Gasteiger partial charge in [0.05, 0.1) is 4.90 Å². The van der Waals surface area contributed by atoms with E-state index in [1.807, 2.05) is 32.9 Å². The lowest BCUT2D eigenvalue weighted by atomic mass is 10.1. The van der Waals surface area contributed by atoms with Crippen LogP contribution in [0.5, 0.6) is 5.75 Å². The fourth-order valence-corrected chi connectivity index (χ4v) is 4.50. The topological polar surface area (TPSA) is 75.7 Å². The van der Waals surface area contributed by atoms with E-state index in [0.29, 0.717) is 19.4 Å². The molecule has 7 heteroatoms. The van der Waals surface area contributed by atoms with E-state index < -0.39 is 10.0 Å². The van der Waals surface area contributed by atoms with Crippen molar-refractivity contribution in [2.24, 2.45) is 0 Å². The molecule has 0 aromatic heterocycles. The average Bonchev–Trinajstić information content (AvgIpc) is 3.07. The first-order valence-electron chi connectivity index (χ1n) is 9.44. The Kier molecular flexibility index (Phi) is 6.05. The molecule has 1 heterocycles. The first kappa shape index (κ1) is 20.4. The fraction of sp³-hybridized carbons (Fsp3) is 0.381. The smallest absolute Gasteiger partial charge is 0.240 e. The summed E-state index contributed by atoms with van der Waals surface area (Å²) in [5.41, 5.74) is 3.90. The summed E-state index contributed by atoms with van der Waals surface area (Å²) in [7, 11) is -3.63. The van der Waals surface area contributed by atoms with Gasteiger partial charge >= 0.3 is 0 Å². The van der Waals surface area contributed by atoms with Crippen LogP contribution in [0.2, 0.25) is 0 Å². The normalized spacial score (nSPS) is 13.5. The van der Waals surface area contributed by atoms with Crippen LogP contribution in [0.3, 0.4) is 0 Å². The summed E-state index contributed by atoms with van der Waals surface area (Å²) >= 11 is 0. The van der Waals surface area contributed by atoms with E-state index in [2.05, 4.69) is 10.8 Å². The molecule has 0 radical (unpaired) electrons. The van der Waals surface area contributed by atoms with Gasteiger partial charge in [0.2, 0.25) is 15.9 Å². The van der Waals surface area contributed by atoms with Crippen molar-refractivity contribution in [3.8, 4) is 5.75 Å². The molecule has 1 N–H and O–H groups in total. The number of hydrogen-bond donors (Lipinski definition) is 1. The van der Waals surface area contributed by atoms with Gasteiger partial charge in [-0.15, -0.1) is 0 Å². The molecule has 1 aliphatic heterocycles. The molecule has 2 aromatic carbocycles. The number of ether oxygens (including phenoxy) is 1. The third kappa shape index (κ3) is 4.54. The average molecular weight is 403 g/mol. The number of carbonyl (C=O) groups is 1. The molecule has 28 heavy (non-hydrogen) atoms. The minimum Gasteiger partial charge on any atom is -0.492 e. The highest BCUT2D eigenvalue weighted by molar-refractivity contribution is 7.89. The minimum absolute atomic E-state index is 0.0519. The van der Waals surface area contributed by atoms with Crippen molar-refractivity contribution in [1.82, 2.24) is 4.72 Å². The molecule has 0 bridgehead atoms. The van der Waals surface area contributed by atoms with Crippen LogP contribution in [0.1, 0.15) is 30.0 Å². The molecule has 0 spiro atoms. The molecule has 0 fully saturated rings. The number of hydrogen-bond acceptors (Lipinski definition) is 4. The Bertz CT molecular complexity index is 966. The summed E-state index contributed by atoms with van der Waals surface area (Å²) in [6, 6.07) is 10.8. The van der Waals surface area contributed by atoms with E-state index in [-0.39, 0.29) is 24.0 Å². The van der Waals surface area contributed by atoms with E-state index in [0.717, 1.165) is 28.1 Å². The molecule has 1 amide bonds. The Hall–Kier alpha value is -2.38. The van der Waals surface area contributed by atoms with E-state index in [4.69, 9.17) is 4.74 Å². The maximum atomic E-state index is 12.6. The van der Waals surface area contributed by atoms with Gasteiger partial charge in [-0.2, -0.15) is 0 Å². The monoisotopic (exact) mass is 402 g/mol. The maximum Gasteiger partial charge on any atom is 0.240 e. The molecule has 0 unspecified atom stereocenters. The zero-order valence-corrected chi connectivity index (χ0v) is 17.3. The molecule has 3 rings (SSSR count). The predicted molar refractivity (Wildman–Crippen MR) is 109 cm³/mol.